The van der Waals surface area contributed by atoms with E-state index in [1.807, 2.05) is 66.8 Å². The van der Waals surface area contributed by atoms with Crippen molar-refractivity contribution < 1.29 is 17.1 Å². The molecule has 0 fully saturated rings. The summed E-state index contributed by atoms with van der Waals surface area (Å²) in [7, 11) is 0. The molecule has 5 heterocycles. The number of hydrogen-bond donors (Lipinski definition) is 2. The monoisotopic (exact) mass is 528 g/mol. The van der Waals surface area contributed by atoms with E-state index in [1.54, 1.807) is 0 Å². The number of aromatic amines is 2. The van der Waals surface area contributed by atoms with Gasteiger partial charge in [-0.2, -0.15) is 30.3 Å². The Morgan fingerprint density at radius 2 is 0.969 bits per heavy atom. The summed E-state index contributed by atoms with van der Waals surface area (Å²) in [6.45, 7) is 0. The summed E-state index contributed by atoms with van der Waals surface area (Å²) in [6, 6.07) is 26.9. The molecule has 0 amide bonds. The van der Waals surface area contributed by atoms with Crippen LogP contribution < -0.4 is 0 Å². The van der Waals surface area contributed by atoms with Gasteiger partial charge in [-0.15, -0.1) is 0 Å². The van der Waals surface area contributed by atoms with Crippen LogP contribution in [0.15, 0.2) is 77.3 Å². The zero-order chi connectivity index (χ0) is 21.0. The van der Waals surface area contributed by atoms with Gasteiger partial charge in [-0.1, -0.05) is 20.4 Å². The van der Waals surface area contributed by atoms with Gasteiger partial charge in [0.1, 0.15) is 0 Å². The van der Waals surface area contributed by atoms with E-state index in [1.165, 1.54) is 0 Å². The van der Waals surface area contributed by atoms with Crippen LogP contribution in [0.4, 0.5) is 0 Å². The third kappa shape index (κ3) is 5.54. The number of aromatic nitrogens is 4. The third-order valence-corrected chi connectivity index (χ3v) is 5.25. The fourth-order valence-corrected chi connectivity index (χ4v) is 3.57. The van der Waals surface area contributed by atoms with E-state index in [2.05, 4.69) is 72.3 Å². The molecule has 0 saturated carbocycles. The Balaban J connectivity index is 0.000000265. The van der Waals surface area contributed by atoms with Crippen molar-refractivity contribution in [2.24, 2.45) is 0 Å². The molecule has 4 nitrogen and oxygen atoms in total. The van der Waals surface area contributed by atoms with E-state index >= 15 is 0 Å². The fourth-order valence-electron chi connectivity index (χ4n) is 3.31. The van der Waals surface area contributed by atoms with Gasteiger partial charge in [-0.3, -0.25) is 0 Å². The standard InChI is InChI=1S/C20H14N4.C6H4Br.Cu/c1-2-14-10-16-5-6-18(23-16)12-20-8-7-19(24-20)11-17-4-3-15(22-17)9-13(1)21-14;7-6-4-2-1-3-5-6;/h1-12,21-22H;2-5H;/q;-1;+1. The second-order valence-corrected chi connectivity index (χ2v) is 8.04. The van der Waals surface area contributed by atoms with Crippen molar-refractivity contribution in [1.82, 2.24) is 19.9 Å². The van der Waals surface area contributed by atoms with E-state index in [4.69, 9.17) is 0 Å². The average Bonchev–Trinajstić information content (AvgIpc) is 3.55. The number of rotatable bonds is 0. The summed E-state index contributed by atoms with van der Waals surface area (Å²) in [6.07, 6.45) is 8.05. The average molecular weight is 530 g/mol. The Morgan fingerprint density at radius 1 is 0.562 bits per heavy atom. The summed E-state index contributed by atoms with van der Waals surface area (Å²) in [5, 5.41) is 0. The molecular weight excluding hydrogens is 512 g/mol. The van der Waals surface area contributed by atoms with Crippen molar-refractivity contribution in [1.29, 1.82) is 0 Å². The van der Waals surface area contributed by atoms with Gasteiger partial charge in [0, 0.05) is 22.1 Å². The Kier molecular flexibility index (Phi) is 6.86. The molecule has 0 spiro atoms. The normalized spacial score (nSPS) is 11.4. The molecule has 0 saturated heterocycles. The molecule has 0 aliphatic carbocycles. The number of hydrogen-bond acceptors (Lipinski definition) is 2. The van der Waals surface area contributed by atoms with Crippen LogP contribution in [0.5, 0.6) is 0 Å². The molecule has 1 aromatic carbocycles. The van der Waals surface area contributed by atoms with Crippen LogP contribution >= 0.6 is 15.9 Å². The van der Waals surface area contributed by atoms with Crippen LogP contribution in [0.25, 0.3) is 46.4 Å². The molecule has 2 aliphatic rings. The first-order valence-electron chi connectivity index (χ1n) is 9.86. The van der Waals surface area contributed by atoms with E-state index in [0.29, 0.717) is 0 Å². The number of halogens is 1. The van der Waals surface area contributed by atoms with Crippen molar-refractivity contribution in [2.75, 3.05) is 0 Å². The van der Waals surface area contributed by atoms with Gasteiger partial charge in [0.05, 0.1) is 22.8 Å². The Bertz CT molecular complexity index is 1360. The van der Waals surface area contributed by atoms with Gasteiger partial charge in [0.25, 0.3) is 0 Å². The second kappa shape index (κ2) is 9.96. The quantitative estimate of drug-likeness (QED) is 0.166. The minimum Gasteiger partial charge on any atom is -0.355 e. The van der Waals surface area contributed by atoms with Crippen LogP contribution in [0.1, 0.15) is 22.8 Å². The maximum atomic E-state index is 4.62. The molecule has 4 aromatic rings. The molecule has 2 N–H and O–H groups in total. The SMILES string of the molecule is Brc1cc[c-]cc1.C1=Cc2cc3ccc(cc4ccc(cc5nc(cc1n2)C=C5)[nH]4)[nH]3.[Cu+]. The van der Waals surface area contributed by atoms with Crippen molar-refractivity contribution in [3.05, 3.63) is 106 Å². The van der Waals surface area contributed by atoms with E-state index < -0.39 is 0 Å². The van der Waals surface area contributed by atoms with Crippen LogP contribution in [0.2, 0.25) is 0 Å². The van der Waals surface area contributed by atoms with E-state index in [-0.39, 0.29) is 17.1 Å². The summed E-state index contributed by atoms with van der Waals surface area (Å²) in [4.78, 5) is 16.0. The number of benzene rings is 1. The molecule has 160 valence electrons. The third-order valence-electron chi connectivity index (χ3n) is 4.72. The molecular formula is C26H18BrCuN4. The van der Waals surface area contributed by atoms with Crippen LogP contribution in [-0.2, 0) is 17.1 Å². The zero-order valence-corrected chi connectivity index (χ0v) is 19.3. The van der Waals surface area contributed by atoms with Gasteiger partial charge in [0.15, 0.2) is 0 Å². The predicted molar refractivity (Wildman–Crippen MR) is 132 cm³/mol. The van der Waals surface area contributed by atoms with Gasteiger partial charge in [0.2, 0.25) is 0 Å². The number of nitrogens with one attached hydrogen (secondary N) is 2. The Morgan fingerprint density at radius 3 is 1.38 bits per heavy atom. The van der Waals surface area contributed by atoms with Gasteiger partial charge < -0.3 is 9.97 Å². The predicted octanol–water partition coefficient (Wildman–Crippen LogP) is 6.90. The summed E-state index contributed by atoms with van der Waals surface area (Å²) in [5.41, 5.74) is 7.86. The van der Waals surface area contributed by atoms with Crippen molar-refractivity contribution in [2.45, 2.75) is 0 Å². The van der Waals surface area contributed by atoms with Crippen LogP contribution in [0, 0.1) is 6.07 Å². The minimum atomic E-state index is 0. The second-order valence-electron chi connectivity index (χ2n) is 7.12. The molecule has 32 heavy (non-hydrogen) atoms. The van der Waals surface area contributed by atoms with E-state index in [9.17, 15) is 0 Å². The number of H-pyrrole nitrogens is 2. The molecule has 8 bridgehead atoms. The van der Waals surface area contributed by atoms with Gasteiger partial charge in [-0.25, -0.2) is 9.97 Å². The largest absolute Gasteiger partial charge is 1.00 e. The van der Waals surface area contributed by atoms with Crippen LogP contribution in [-0.4, -0.2) is 19.9 Å². The molecule has 6 rings (SSSR count). The number of fused-ring (bicyclic) bond motifs is 8. The molecule has 6 heteroatoms. The zero-order valence-electron chi connectivity index (χ0n) is 16.8. The van der Waals surface area contributed by atoms with Crippen LogP contribution in [0.3, 0.4) is 0 Å². The smallest absolute Gasteiger partial charge is 0.355 e. The Hall–Kier alpha value is -3.18. The fraction of sp³-hybridized carbons (Fsp3) is 0. The summed E-state index contributed by atoms with van der Waals surface area (Å²) < 4.78 is 1.10. The molecule has 0 unspecified atom stereocenters. The maximum absolute atomic E-state index is 4.62. The minimum absolute atomic E-state index is 0. The van der Waals surface area contributed by atoms with E-state index in [0.717, 1.165) is 49.3 Å². The molecule has 3 aromatic heterocycles. The molecule has 0 radical (unpaired) electrons. The van der Waals surface area contributed by atoms with Crippen molar-refractivity contribution in [3.63, 3.8) is 0 Å². The molecule has 2 aliphatic heterocycles. The molecule has 0 atom stereocenters. The maximum Gasteiger partial charge on any atom is 1.00 e. The number of nitrogens with zero attached hydrogens (tertiary/aromatic N) is 2. The summed E-state index contributed by atoms with van der Waals surface area (Å²) in [5.74, 6) is 0. The first-order chi connectivity index (χ1) is 15.2. The van der Waals surface area contributed by atoms with Crippen molar-refractivity contribution >= 4 is 62.3 Å². The van der Waals surface area contributed by atoms with Crippen molar-refractivity contribution in [3.8, 4) is 0 Å². The first kappa shape index (κ1) is 22.0. The first-order valence-corrected chi connectivity index (χ1v) is 10.6. The Labute approximate surface area is 204 Å². The topological polar surface area (TPSA) is 57.4 Å². The van der Waals surface area contributed by atoms with Gasteiger partial charge >= 0.3 is 17.1 Å². The van der Waals surface area contributed by atoms with Gasteiger partial charge in [-0.05, 0) is 72.8 Å². The summed E-state index contributed by atoms with van der Waals surface area (Å²) >= 11 is 3.29.